The molecule has 2 aromatic carbocycles. The molecular weight excluding hydrogens is 263 g/mol. The SMILES string of the molecule is Cl.NCc1ccc(-c2cc(F)c(F)c(F)c2)cc1. The molecule has 0 atom stereocenters. The fourth-order valence-electron chi connectivity index (χ4n) is 1.56. The van der Waals surface area contributed by atoms with Crippen molar-refractivity contribution in [2.75, 3.05) is 0 Å². The second kappa shape index (κ2) is 5.89. The average Bonchev–Trinajstić information content (AvgIpc) is 2.35. The fraction of sp³-hybridized carbons (Fsp3) is 0.0769. The van der Waals surface area contributed by atoms with E-state index in [0.29, 0.717) is 17.7 Å². The molecule has 0 aromatic heterocycles. The molecule has 0 amide bonds. The minimum atomic E-state index is -1.45. The molecule has 96 valence electrons. The van der Waals surface area contributed by atoms with E-state index in [9.17, 15) is 13.2 Å². The van der Waals surface area contributed by atoms with Crippen molar-refractivity contribution in [1.82, 2.24) is 0 Å². The maximum absolute atomic E-state index is 13.0. The van der Waals surface area contributed by atoms with E-state index in [4.69, 9.17) is 5.73 Å². The zero-order valence-electron chi connectivity index (χ0n) is 9.29. The number of hydrogen-bond acceptors (Lipinski definition) is 1. The average molecular weight is 274 g/mol. The Kier molecular flexibility index (Phi) is 4.76. The van der Waals surface area contributed by atoms with Crippen LogP contribution in [0.5, 0.6) is 0 Å². The fourth-order valence-corrected chi connectivity index (χ4v) is 1.56. The lowest BCUT2D eigenvalue weighted by atomic mass is 10.0. The highest BCUT2D eigenvalue weighted by atomic mass is 35.5. The molecule has 0 spiro atoms. The molecule has 2 aromatic rings. The van der Waals surface area contributed by atoms with Crippen molar-refractivity contribution in [3.63, 3.8) is 0 Å². The van der Waals surface area contributed by atoms with E-state index in [0.717, 1.165) is 17.7 Å². The molecule has 0 radical (unpaired) electrons. The van der Waals surface area contributed by atoms with Crippen molar-refractivity contribution >= 4 is 12.4 Å². The summed E-state index contributed by atoms with van der Waals surface area (Å²) in [5.41, 5.74) is 7.26. The first-order valence-electron chi connectivity index (χ1n) is 5.05. The third kappa shape index (κ3) is 2.83. The van der Waals surface area contributed by atoms with Crippen LogP contribution in [-0.4, -0.2) is 0 Å². The van der Waals surface area contributed by atoms with E-state index in [2.05, 4.69) is 0 Å². The van der Waals surface area contributed by atoms with E-state index in [1.165, 1.54) is 0 Å². The zero-order chi connectivity index (χ0) is 12.4. The van der Waals surface area contributed by atoms with Crippen LogP contribution in [0.4, 0.5) is 13.2 Å². The summed E-state index contributed by atoms with van der Waals surface area (Å²) in [5.74, 6) is -3.84. The Hall–Kier alpha value is -1.52. The van der Waals surface area contributed by atoms with Gasteiger partial charge in [0.2, 0.25) is 0 Å². The predicted molar refractivity (Wildman–Crippen MR) is 66.9 cm³/mol. The Morgan fingerprint density at radius 2 is 1.33 bits per heavy atom. The normalized spacial score (nSPS) is 10.0. The highest BCUT2D eigenvalue weighted by Gasteiger charge is 2.11. The van der Waals surface area contributed by atoms with Gasteiger partial charge < -0.3 is 5.73 Å². The summed E-state index contributed by atoms with van der Waals surface area (Å²) in [6, 6.07) is 8.83. The number of halogens is 4. The van der Waals surface area contributed by atoms with Crippen molar-refractivity contribution in [1.29, 1.82) is 0 Å². The van der Waals surface area contributed by atoms with Crippen LogP contribution in [0.25, 0.3) is 11.1 Å². The second-order valence-electron chi connectivity index (χ2n) is 3.65. The molecule has 0 fully saturated rings. The van der Waals surface area contributed by atoms with Crippen molar-refractivity contribution < 1.29 is 13.2 Å². The standard InChI is InChI=1S/C13H10F3N.ClH/c14-11-5-10(6-12(15)13(11)16)9-3-1-8(7-17)2-4-9;/h1-6H,7,17H2;1H. The molecule has 0 aliphatic rings. The van der Waals surface area contributed by atoms with E-state index >= 15 is 0 Å². The Morgan fingerprint density at radius 3 is 1.78 bits per heavy atom. The summed E-state index contributed by atoms with van der Waals surface area (Å²) in [7, 11) is 0. The van der Waals surface area contributed by atoms with Gasteiger partial charge in [0.15, 0.2) is 17.5 Å². The van der Waals surface area contributed by atoms with Crippen LogP contribution >= 0.6 is 12.4 Å². The van der Waals surface area contributed by atoms with Crippen LogP contribution < -0.4 is 5.73 Å². The summed E-state index contributed by atoms with van der Waals surface area (Å²) in [6.45, 7) is 0.395. The maximum Gasteiger partial charge on any atom is 0.194 e. The van der Waals surface area contributed by atoms with Crippen LogP contribution in [0.3, 0.4) is 0 Å². The first-order chi connectivity index (χ1) is 8.11. The molecule has 5 heteroatoms. The topological polar surface area (TPSA) is 26.0 Å². The largest absolute Gasteiger partial charge is 0.326 e. The van der Waals surface area contributed by atoms with Gasteiger partial charge in [0.25, 0.3) is 0 Å². The van der Waals surface area contributed by atoms with Crippen LogP contribution in [0.15, 0.2) is 36.4 Å². The van der Waals surface area contributed by atoms with E-state index in [1.54, 1.807) is 24.3 Å². The van der Waals surface area contributed by atoms with Gasteiger partial charge in [-0.3, -0.25) is 0 Å². The van der Waals surface area contributed by atoms with Gasteiger partial charge in [0.1, 0.15) is 0 Å². The molecule has 1 nitrogen and oxygen atoms in total. The summed E-state index contributed by atoms with van der Waals surface area (Å²) in [5, 5.41) is 0. The highest BCUT2D eigenvalue weighted by molar-refractivity contribution is 5.85. The molecule has 0 heterocycles. The van der Waals surface area contributed by atoms with E-state index < -0.39 is 17.5 Å². The summed E-state index contributed by atoms with van der Waals surface area (Å²) >= 11 is 0. The second-order valence-corrected chi connectivity index (χ2v) is 3.65. The first-order valence-corrected chi connectivity index (χ1v) is 5.05. The van der Waals surface area contributed by atoms with Crippen molar-refractivity contribution in [2.45, 2.75) is 6.54 Å². The van der Waals surface area contributed by atoms with Gasteiger partial charge in [0, 0.05) is 6.54 Å². The van der Waals surface area contributed by atoms with Crippen LogP contribution in [0.1, 0.15) is 5.56 Å². The van der Waals surface area contributed by atoms with Crippen LogP contribution in [-0.2, 0) is 6.54 Å². The molecule has 18 heavy (non-hydrogen) atoms. The minimum absolute atomic E-state index is 0. The zero-order valence-corrected chi connectivity index (χ0v) is 10.1. The summed E-state index contributed by atoms with van der Waals surface area (Å²) in [6.07, 6.45) is 0. The van der Waals surface area contributed by atoms with Gasteiger partial charge in [0.05, 0.1) is 0 Å². The molecule has 0 unspecified atom stereocenters. The molecule has 2 N–H and O–H groups in total. The number of hydrogen-bond donors (Lipinski definition) is 1. The highest BCUT2D eigenvalue weighted by Crippen LogP contribution is 2.23. The molecule has 0 bridgehead atoms. The molecular formula is C13H11ClF3N. The van der Waals surface area contributed by atoms with Gasteiger partial charge in [-0.2, -0.15) is 0 Å². The summed E-state index contributed by atoms with van der Waals surface area (Å²) in [4.78, 5) is 0. The Balaban J connectivity index is 0.00000162. The number of benzene rings is 2. The van der Waals surface area contributed by atoms with Gasteiger partial charge in [-0.25, -0.2) is 13.2 Å². The molecule has 0 aliphatic carbocycles. The predicted octanol–water partition coefficient (Wildman–Crippen LogP) is 3.65. The smallest absolute Gasteiger partial charge is 0.194 e. The molecule has 2 rings (SSSR count). The van der Waals surface area contributed by atoms with Crippen LogP contribution in [0.2, 0.25) is 0 Å². The number of rotatable bonds is 2. The molecule has 0 aliphatic heterocycles. The van der Waals surface area contributed by atoms with Gasteiger partial charge >= 0.3 is 0 Å². The molecule has 0 saturated heterocycles. The van der Waals surface area contributed by atoms with Gasteiger partial charge in [-0.05, 0) is 28.8 Å². The van der Waals surface area contributed by atoms with Crippen molar-refractivity contribution in [2.24, 2.45) is 5.73 Å². The van der Waals surface area contributed by atoms with Gasteiger partial charge in [-0.1, -0.05) is 24.3 Å². The van der Waals surface area contributed by atoms with Crippen molar-refractivity contribution in [3.05, 3.63) is 59.4 Å². The number of nitrogens with two attached hydrogens (primary N) is 1. The molecule has 0 saturated carbocycles. The Morgan fingerprint density at radius 1 is 0.833 bits per heavy atom. The monoisotopic (exact) mass is 273 g/mol. The van der Waals surface area contributed by atoms with E-state index in [1.807, 2.05) is 0 Å². The van der Waals surface area contributed by atoms with Crippen LogP contribution in [0, 0.1) is 17.5 Å². The third-order valence-electron chi connectivity index (χ3n) is 2.51. The first kappa shape index (κ1) is 14.5. The lowest BCUT2D eigenvalue weighted by Gasteiger charge is -2.04. The Labute approximate surface area is 109 Å². The van der Waals surface area contributed by atoms with Gasteiger partial charge in [-0.15, -0.1) is 12.4 Å². The van der Waals surface area contributed by atoms with E-state index in [-0.39, 0.29) is 12.4 Å². The lowest BCUT2D eigenvalue weighted by Crippen LogP contribution is -1.96. The summed E-state index contributed by atoms with van der Waals surface area (Å²) < 4.78 is 38.9. The minimum Gasteiger partial charge on any atom is -0.326 e. The Bertz CT molecular complexity index is 517. The third-order valence-corrected chi connectivity index (χ3v) is 2.51. The lowest BCUT2D eigenvalue weighted by molar-refractivity contribution is 0.448. The van der Waals surface area contributed by atoms with Crippen molar-refractivity contribution in [3.8, 4) is 11.1 Å². The maximum atomic E-state index is 13.0. The quantitative estimate of drug-likeness (QED) is 0.831.